The van der Waals surface area contributed by atoms with E-state index in [1.54, 1.807) is 35.0 Å². The lowest BCUT2D eigenvalue weighted by Gasteiger charge is -2.09. The Balaban J connectivity index is 1.99. The van der Waals surface area contributed by atoms with Gasteiger partial charge in [0, 0.05) is 25.4 Å². The van der Waals surface area contributed by atoms with Crippen LogP contribution in [0, 0.1) is 11.3 Å². The Morgan fingerprint density at radius 1 is 1.32 bits per heavy atom. The van der Waals surface area contributed by atoms with Gasteiger partial charge in [-0.25, -0.2) is 0 Å². The van der Waals surface area contributed by atoms with Crippen LogP contribution in [0.3, 0.4) is 0 Å². The zero-order chi connectivity index (χ0) is 13.7. The molecule has 19 heavy (non-hydrogen) atoms. The fourth-order valence-corrected chi connectivity index (χ4v) is 1.93. The molecule has 0 amide bonds. The molecule has 1 N–H and O–H groups in total. The van der Waals surface area contributed by atoms with E-state index in [1.807, 2.05) is 12.1 Å². The van der Waals surface area contributed by atoms with Gasteiger partial charge in [-0.15, -0.1) is 0 Å². The topological polar surface area (TPSA) is 57.8 Å². The van der Waals surface area contributed by atoms with Crippen molar-refractivity contribution in [1.82, 2.24) is 4.57 Å². The molecule has 1 heterocycles. The Hall–Kier alpha value is -2.25. The van der Waals surface area contributed by atoms with E-state index in [4.69, 9.17) is 16.9 Å². The Kier molecular flexibility index (Phi) is 4.22. The van der Waals surface area contributed by atoms with Gasteiger partial charge in [-0.2, -0.15) is 5.26 Å². The minimum absolute atomic E-state index is 0.0322. The number of nitriles is 1. The smallest absolute Gasteiger partial charge is 0.250 e. The highest BCUT2D eigenvalue weighted by atomic mass is 35.5. The molecule has 1 aromatic heterocycles. The van der Waals surface area contributed by atoms with Crippen LogP contribution in [0.5, 0.6) is 0 Å². The predicted molar refractivity (Wildman–Crippen MR) is 75.4 cm³/mol. The van der Waals surface area contributed by atoms with Gasteiger partial charge in [-0.3, -0.25) is 4.79 Å². The average molecular weight is 274 g/mol. The van der Waals surface area contributed by atoms with Crippen LogP contribution in [0.2, 0.25) is 5.02 Å². The molecule has 0 spiro atoms. The third-order valence-corrected chi connectivity index (χ3v) is 2.98. The highest BCUT2D eigenvalue weighted by molar-refractivity contribution is 6.33. The van der Waals surface area contributed by atoms with Crippen molar-refractivity contribution in [3.8, 4) is 6.07 Å². The maximum absolute atomic E-state index is 11.5. The number of hydrogen-bond donors (Lipinski definition) is 1. The van der Waals surface area contributed by atoms with E-state index in [2.05, 4.69) is 5.32 Å². The van der Waals surface area contributed by atoms with E-state index in [-0.39, 0.29) is 5.56 Å². The van der Waals surface area contributed by atoms with Crippen molar-refractivity contribution in [1.29, 1.82) is 5.26 Å². The van der Waals surface area contributed by atoms with Gasteiger partial charge in [-0.1, -0.05) is 17.7 Å². The van der Waals surface area contributed by atoms with Crippen molar-refractivity contribution >= 4 is 17.3 Å². The molecule has 0 radical (unpaired) electrons. The van der Waals surface area contributed by atoms with Crippen LogP contribution in [0.15, 0.2) is 47.4 Å². The molecule has 0 fully saturated rings. The van der Waals surface area contributed by atoms with Gasteiger partial charge in [0.1, 0.15) is 0 Å². The van der Waals surface area contributed by atoms with E-state index < -0.39 is 0 Å². The van der Waals surface area contributed by atoms with Gasteiger partial charge in [0.2, 0.25) is 0 Å². The van der Waals surface area contributed by atoms with Gasteiger partial charge in [0.25, 0.3) is 5.56 Å². The summed E-state index contributed by atoms with van der Waals surface area (Å²) in [7, 11) is 0. The van der Waals surface area contributed by atoms with Crippen molar-refractivity contribution in [2.24, 2.45) is 0 Å². The number of benzene rings is 1. The zero-order valence-electron chi connectivity index (χ0n) is 10.1. The zero-order valence-corrected chi connectivity index (χ0v) is 10.9. The van der Waals surface area contributed by atoms with Crippen LogP contribution in [-0.4, -0.2) is 11.1 Å². The van der Waals surface area contributed by atoms with Crippen LogP contribution >= 0.6 is 11.6 Å². The number of nitrogens with one attached hydrogen (secondary N) is 1. The summed E-state index contributed by atoms with van der Waals surface area (Å²) in [6.07, 6.45) is 1.74. The molecule has 0 bridgehead atoms. The molecule has 0 atom stereocenters. The van der Waals surface area contributed by atoms with Crippen LogP contribution in [0.4, 0.5) is 5.69 Å². The lowest BCUT2D eigenvalue weighted by molar-refractivity contribution is 0.697. The van der Waals surface area contributed by atoms with E-state index >= 15 is 0 Å². The summed E-state index contributed by atoms with van der Waals surface area (Å²) in [6.45, 7) is 1.13. The highest BCUT2D eigenvalue weighted by Gasteiger charge is 2.01. The second-order valence-corrected chi connectivity index (χ2v) is 4.37. The number of pyridine rings is 1. The molecule has 0 saturated heterocycles. The molecular weight excluding hydrogens is 262 g/mol. The third-order valence-electron chi connectivity index (χ3n) is 2.67. The minimum Gasteiger partial charge on any atom is -0.382 e. The van der Waals surface area contributed by atoms with Gasteiger partial charge in [0.15, 0.2) is 0 Å². The molecule has 0 aliphatic rings. The van der Waals surface area contributed by atoms with Crippen molar-refractivity contribution < 1.29 is 0 Å². The van der Waals surface area contributed by atoms with Crippen molar-refractivity contribution in [2.75, 3.05) is 11.9 Å². The maximum Gasteiger partial charge on any atom is 0.250 e. The first-order valence-electron chi connectivity index (χ1n) is 5.80. The van der Waals surface area contributed by atoms with Gasteiger partial charge >= 0.3 is 0 Å². The minimum atomic E-state index is -0.0322. The van der Waals surface area contributed by atoms with Gasteiger partial charge < -0.3 is 9.88 Å². The predicted octanol–water partition coefficient (Wildman–Crippen LogP) is 2.49. The summed E-state index contributed by atoms with van der Waals surface area (Å²) in [5.41, 5.74) is 1.25. The van der Waals surface area contributed by atoms with Crippen molar-refractivity contribution in [3.05, 3.63) is 63.5 Å². The molecule has 2 rings (SSSR count). The molecule has 5 heteroatoms. The molecule has 96 valence electrons. The van der Waals surface area contributed by atoms with E-state index in [9.17, 15) is 4.79 Å². The summed E-state index contributed by atoms with van der Waals surface area (Å²) in [4.78, 5) is 11.5. The molecule has 0 aliphatic heterocycles. The Morgan fingerprint density at radius 3 is 2.84 bits per heavy atom. The third kappa shape index (κ3) is 3.36. The van der Waals surface area contributed by atoms with Crippen molar-refractivity contribution in [3.63, 3.8) is 0 Å². The molecule has 1 aromatic carbocycles. The number of anilines is 1. The summed E-state index contributed by atoms with van der Waals surface area (Å²) in [6, 6.07) is 12.1. The first kappa shape index (κ1) is 13.2. The van der Waals surface area contributed by atoms with E-state index in [0.717, 1.165) is 5.69 Å². The van der Waals surface area contributed by atoms with E-state index in [1.165, 1.54) is 6.07 Å². The monoisotopic (exact) mass is 273 g/mol. The highest BCUT2D eigenvalue weighted by Crippen LogP contribution is 2.22. The average Bonchev–Trinajstić information content (AvgIpc) is 2.42. The first-order chi connectivity index (χ1) is 9.20. The molecule has 0 unspecified atom stereocenters. The van der Waals surface area contributed by atoms with Crippen LogP contribution in [-0.2, 0) is 6.54 Å². The Labute approximate surface area is 115 Å². The number of aromatic nitrogens is 1. The fraction of sp³-hybridized carbons (Fsp3) is 0.143. The maximum atomic E-state index is 11.5. The van der Waals surface area contributed by atoms with E-state index in [0.29, 0.717) is 23.7 Å². The second kappa shape index (κ2) is 6.07. The fourth-order valence-electron chi connectivity index (χ4n) is 1.68. The molecule has 4 nitrogen and oxygen atoms in total. The van der Waals surface area contributed by atoms with Crippen LogP contribution in [0.1, 0.15) is 5.56 Å². The first-order valence-corrected chi connectivity index (χ1v) is 6.17. The summed E-state index contributed by atoms with van der Waals surface area (Å²) in [5, 5.41) is 12.4. The summed E-state index contributed by atoms with van der Waals surface area (Å²) >= 11 is 6.04. The molecule has 0 saturated carbocycles. The van der Waals surface area contributed by atoms with Crippen LogP contribution in [0.25, 0.3) is 0 Å². The lowest BCUT2D eigenvalue weighted by Crippen LogP contribution is -2.22. The lowest BCUT2D eigenvalue weighted by atomic mass is 10.2. The van der Waals surface area contributed by atoms with Crippen LogP contribution < -0.4 is 10.9 Å². The summed E-state index contributed by atoms with van der Waals surface area (Å²) in [5.74, 6) is 0. The summed E-state index contributed by atoms with van der Waals surface area (Å²) < 4.78 is 1.62. The van der Waals surface area contributed by atoms with Crippen molar-refractivity contribution in [2.45, 2.75) is 6.54 Å². The Bertz CT molecular complexity index is 673. The standard InChI is InChI=1S/C14H12ClN3O/c15-12-9-11(10-16)4-5-13(12)17-6-8-18-7-2-1-3-14(18)19/h1-5,7,9,17H,6,8H2. The van der Waals surface area contributed by atoms with Gasteiger partial charge in [-0.05, 0) is 24.3 Å². The number of rotatable bonds is 4. The molecule has 2 aromatic rings. The Morgan fingerprint density at radius 2 is 2.16 bits per heavy atom. The van der Waals surface area contributed by atoms with Gasteiger partial charge in [0.05, 0.1) is 22.3 Å². The number of nitrogens with zero attached hydrogens (tertiary/aromatic N) is 2. The number of hydrogen-bond acceptors (Lipinski definition) is 3. The quantitative estimate of drug-likeness (QED) is 0.931. The second-order valence-electron chi connectivity index (χ2n) is 3.97. The largest absolute Gasteiger partial charge is 0.382 e. The molecule has 0 aliphatic carbocycles. The normalized spacial score (nSPS) is 9.89. The number of halogens is 1. The SMILES string of the molecule is N#Cc1ccc(NCCn2ccccc2=O)c(Cl)c1. The molecular formula is C14H12ClN3O.